The van der Waals surface area contributed by atoms with Gasteiger partial charge in [-0.05, 0) is 60.5 Å². The summed E-state index contributed by atoms with van der Waals surface area (Å²) in [6.45, 7) is 1.29. The molecule has 1 aromatic carbocycles. The molecule has 0 fully saturated rings. The zero-order chi connectivity index (χ0) is 26.8. The van der Waals surface area contributed by atoms with E-state index in [9.17, 15) is 32.0 Å². The summed E-state index contributed by atoms with van der Waals surface area (Å²) in [6, 6.07) is 3.73. The fourth-order valence-corrected chi connectivity index (χ4v) is 3.34. The summed E-state index contributed by atoms with van der Waals surface area (Å²) in [5, 5.41) is 15.9. The normalized spacial score (nSPS) is 12.8. The van der Waals surface area contributed by atoms with E-state index < -0.39 is 35.7 Å². The first-order valence-corrected chi connectivity index (χ1v) is 10.8. The smallest absolute Gasteiger partial charge is 0.416 e. The van der Waals surface area contributed by atoms with Crippen molar-refractivity contribution in [2.24, 2.45) is 0 Å². The Morgan fingerprint density at radius 1 is 1.17 bits per heavy atom. The van der Waals surface area contributed by atoms with Gasteiger partial charge in [-0.25, -0.2) is 15.0 Å². The maximum absolute atomic E-state index is 13.5. The number of nitrogens with one attached hydrogen (secondary N) is 1. The Balaban J connectivity index is 1.92. The van der Waals surface area contributed by atoms with Crippen LogP contribution < -0.4 is 10.1 Å². The van der Waals surface area contributed by atoms with Crippen LogP contribution in [-0.4, -0.2) is 37.3 Å². The van der Waals surface area contributed by atoms with Crippen molar-refractivity contribution in [3.8, 4) is 17.8 Å². The van der Waals surface area contributed by atoms with E-state index in [0.717, 1.165) is 23.1 Å². The quantitative estimate of drug-likeness (QED) is 0.406. The van der Waals surface area contributed by atoms with E-state index in [1.807, 2.05) is 6.07 Å². The highest BCUT2D eigenvalue weighted by Gasteiger charge is 2.34. The van der Waals surface area contributed by atoms with Crippen LogP contribution in [0.15, 0.2) is 35.3 Å². The number of amides is 1. The number of carbonyl (C=O) groups is 1. The highest BCUT2D eigenvalue weighted by Crippen LogP contribution is 2.34. The van der Waals surface area contributed by atoms with E-state index in [0.29, 0.717) is 6.07 Å². The summed E-state index contributed by atoms with van der Waals surface area (Å²) in [7, 11) is 0. The molecule has 15 heteroatoms. The predicted molar refractivity (Wildman–Crippen MR) is 117 cm³/mol. The minimum atomic E-state index is -4.75. The lowest BCUT2D eigenvalue weighted by Crippen LogP contribution is -2.30. The average molecular weight is 574 g/mol. The molecular formula is C21H17BrF5N7O2. The van der Waals surface area contributed by atoms with Gasteiger partial charge in [0, 0.05) is 5.56 Å². The molecule has 1 unspecified atom stereocenters. The topological polar surface area (TPSA) is 119 Å². The molecule has 0 aliphatic rings. The fourth-order valence-electron chi connectivity index (χ4n) is 3.00. The van der Waals surface area contributed by atoms with Crippen molar-refractivity contribution in [1.29, 1.82) is 5.26 Å². The van der Waals surface area contributed by atoms with Gasteiger partial charge in [0.25, 0.3) is 11.9 Å². The average Bonchev–Trinajstić information content (AvgIpc) is 3.20. The molecule has 36 heavy (non-hydrogen) atoms. The zero-order valence-electron chi connectivity index (χ0n) is 18.8. The minimum Gasteiger partial charge on any atom is -0.432 e. The van der Waals surface area contributed by atoms with E-state index >= 15 is 0 Å². The number of nitrogens with zero attached hydrogens (tertiary/aromatic N) is 6. The number of nitriles is 1. The van der Waals surface area contributed by atoms with Crippen LogP contribution in [0.4, 0.5) is 22.0 Å². The van der Waals surface area contributed by atoms with Crippen molar-refractivity contribution in [2.75, 3.05) is 0 Å². The van der Waals surface area contributed by atoms with Crippen LogP contribution in [0.3, 0.4) is 0 Å². The van der Waals surface area contributed by atoms with Gasteiger partial charge >= 0.3 is 12.8 Å². The Bertz CT molecular complexity index is 1300. The standard InChI is InChI=1S/C21H17BrF5N7O2/c1-10(15-32-17(22)33-34(15)19-29-7-14(8-30-19)36-18(23)24)31-16(35)11-4-12(20(2,3)9-28)6-13(5-11)21(25,26)27/h4-8,10,18H,1-3H3,(H,31,35). The Labute approximate surface area is 209 Å². The van der Waals surface area contributed by atoms with Crippen LogP contribution in [0.2, 0.25) is 0 Å². The number of aromatic nitrogens is 5. The van der Waals surface area contributed by atoms with Gasteiger partial charge in [0.15, 0.2) is 11.6 Å². The maximum Gasteiger partial charge on any atom is 0.416 e. The van der Waals surface area contributed by atoms with E-state index in [2.05, 4.69) is 46.0 Å². The molecule has 0 bridgehead atoms. The molecule has 2 heterocycles. The van der Waals surface area contributed by atoms with Crippen molar-refractivity contribution in [1.82, 2.24) is 30.0 Å². The van der Waals surface area contributed by atoms with Gasteiger partial charge in [-0.15, -0.1) is 5.10 Å². The Morgan fingerprint density at radius 2 is 1.78 bits per heavy atom. The first-order chi connectivity index (χ1) is 16.7. The lowest BCUT2D eigenvalue weighted by molar-refractivity contribution is -0.137. The van der Waals surface area contributed by atoms with Gasteiger partial charge in [-0.2, -0.15) is 31.9 Å². The van der Waals surface area contributed by atoms with Crippen molar-refractivity contribution in [2.45, 2.75) is 45.0 Å². The first kappa shape index (κ1) is 26.9. The highest BCUT2D eigenvalue weighted by atomic mass is 79.9. The molecule has 0 saturated carbocycles. The highest BCUT2D eigenvalue weighted by molar-refractivity contribution is 9.10. The third-order valence-electron chi connectivity index (χ3n) is 4.89. The summed E-state index contributed by atoms with van der Waals surface area (Å²) < 4.78 is 70.5. The third-order valence-corrected chi connectivity index (χ3v) is 5.23. The fraction of sp³-hybridized carbons (Fsp3) is 0.333. The van der Waals surface area contributed by atoms with Gasteiger partial charge in [0.1, 0.15) is 0 Å². The van der Waals surface area contributed by atoms with Gasteiger partial charge < -0.3 is 10.1 Å². The maximum atomic E-state index is 13.5. The van der Waals surface area contributed by atoms with Gasteiger partial charge in [0.2, 0.25) is 4.73 Å². The van der Waals surface area contributed by atoms with Crippen LogP contribution in [0, 0.1) is 11.3 Å². The third kappa shape index (κ3) is 6.11. The number of alkyl halides is 5. The van der Waals surface area contributed by atoms with Crippen LogP contribution in [-0.2, 0) is 11.6 Å². The summed E-state index contributed by atoms with van der Waals surface area (Å²) in [5.41, 5.74) is -2.66. The SMILES string of the molecule is CC(NC(=O)c1cc(C(F)(F)F)cc(C(C)(C)C#N)c1)c1nc(Br)nn1-c1ncc(OC(F)F)cn1. The molecule has 3 rings (SSSR count). The number of rotatable bonds is 7. The van der Waals surface area contributed by atoms with Crippen LogP contribution in [0.25, 0.3) is 5.95 Å². The lowest BCUT2D eigenvalue weighted by Gasteiger charge is -2.20. The van der Waals surface area contributed by atoms with Gasteiger partial charge in [0.05, 0.1) is 35.5 Å². The van der Waals surface area contributed by atoms with Crippen LogP contribution in [0.1, 0.15) is 54.1 Å². The van der Waals surface area contributed by atoms with E-state index in [4.69, 9.17) is 0 Å². The van der Waals surface area contributed by atoms with Crippen molar-refractivity contribution >= 4 is 21.8 Å². The zero-order valence-corrected chi connectivity index (χ0v) is 20.4. The summed E-state index contributed by atoms with van der Waals surface area (Å²) >= 11 is 3.09. The Hall–Kier alpha value is -3.67. The molecule has 0 aliphatic heterocycles. The van der Waals surface area contributed by atoms with Crippen molar-refractivity contribution < 1.29 is 31.5 Å². The summed E-state index contributed by atoms with van der Waals surface area (Å²) in [6.07, 6.45) is -2.78. The molecule has 0 saturated heterocycles. The predicted octanol–water partition coefficient (Wildman–Crippen LogP) is 4.73. The molecule has 2 aromatic heterocycles. The summed E-state index contributed by atoms with van der Waals surface area (Å²) in [5.74, 6) is -1.17. The van der Waals surface area contributed by atoms with Gasteiger partial charge in [-0.1, -0.05) is 0 Å². The molecule has 0 aliphatic carbocycles. The van der Waals surface area contributed by atoms with Crippen LogP contribution >= 0.6 is 15.9 Å². The molecule has 3 aromatic rings. The second kappa shape index (κ2) is 10.1. The molecular weight excluding hydrogens is 557 g/mol. The number of halogens is 6. The van der Waals surface area contributed by atoms with Gasteiger partial charge in [-0.3, -0.25) is 4.79 Å². The lowest BCUT2D eigenvalue weighted by atomic mass is 9.84. The Kier molecular flexibility index (Phi) is 7.58. The number of hydrogen-bond donors (Lipinski definition) is 1. The number of hydrogen-bond acceptors (Lipinski definition) is 7. The Morgan fingerprint density at radius 3 is 2.33 bits per heavy atom. The second-order valence-electron chi connectivity index (χ2n) is 7.98. The van der Waals surface area contributed by atoms with E-state index in [-0.39, 0.29) is 33.4 Å². The van der Waals surface area contributed by atoms with E-state index in [1.54, 1.807) is 0 Å². The van der Waals surface area contributed by atoms with Crippen molar-refractivity contribution in [3.05, 3.63) is 57.8 Å². The summed E-state index contributed by atoms with van der Waals surface area (Å²) in [4.78, 5) is 24.8. The van der Waals surface area contributed by atoms with Crippen LogP contribution in [0.5, 0.6) is 5.75 Å². The molecule has 0 spiro atoms. The minimum absolute atomic E-state index is 0.0167. The monoisotopic (exact) mass is 573 g/mol. The second-order valence-corrected chi connectivity index (χ2v) is 8.69. The molecule has 190 valence electrons. The number of carbonyl (C=O) groups excluding carboxylic acids is 1. The molecule has 9 nitrogen and oxygen atoms in total. The largest absolute Gasteiger partial charge is 0.432 e. The molecule has 1 atom stereocenters. The van der Waals surface area contributed by atoms with E-state index in [1.165, 1.54) is 26.8 Å². The molecule has 0 radical (unpaired) electrons. The molecule has 1 N–H and O–H groups in total. The molecule has 1 amide bonds. The number of ether oxygens (including phenoxy) is 1. The number of benzene rings is 1. The first-order valence-electron chi connectivity index (χ1n) is 10.1. The van der Waals surface area contributed by atoms with Crippen molar-refractivity contribution in [3.63, 3.8) is 0 Å².